The number of benzene rings is 2. The van der Waals surface area contributed by atoms with E-state index in [2.05, 4.69) is 17.6 Å². The molecule has 7 nitrogen and oxygen atoms in total. The summed E-state index contributed by atoms with van der Waals surface area (Å²) in [4.78, 5) is 42.0. The smallest absolute Gasteiger partial charge is 0.408 e. The highest BCUT2D eigenvalue weighted by Gasteiger charge is 2.44. The van der Waals surface area contributed by atoms with Gasteiger partial charge in [-0.25, -0.2) is 4.79 Å². The summed E-state index contributed by atoms with van der Waals surface area (Å²) in [6.45, 7) is 7.96. The summed E-state index contributed by atoms with van der Waals surface area (Å²) in [7, 11) is 0. The molecule has 0 aliphatic heterocycles. The lowest BCUT2D eigenvalue weighted by Crippen LogP contribution is -2.54. The van der Waals surface area contributed by atoms with Crippen LogP contribution in [0.4, 0.5) is 4.79 Å². The lowest BCUT2D eigenvalue weighted by Gasteiger charge is -2.34. The first kappa shape index (κ1) is 27.2. The molecule has 0 heterocycles. The Morgan fingerprint density at radius 3 is 2.17 bits per heavy atom. The van der Waals surface area contributed by atoms with Crippen molar-refractivity contribution in [1.82, 2.24) is 15.5 Å². The number of ether oxygens (including phenoxy) is 1. The number of alkyl carbamates (subject to hydrolysis) is 1. The maximum atomic E-state index is 14.2. The van der Waals surface area contributed by atoms with Crippen LogP contribution in [-0.2, 0) is 20.7 Å². The number of nitrogens with zero attached hydrogens (tertiary/aromatic N) is 1. The summed E-state index contributed by atoms with van der Waals surface area (Å²) in [6.07, 6.45) is 3.10. The van der Waals surface area contributed by atoms with Crippen LogP contribution in [0.5, 0.6) is 0 Å². The van der Waals surface area contributed by atoms with E-state index in [1.165, 1.54) is 0 Å². The first-order valence-corrected chi connectivity index (χ1v) is 12.9. The zero-order chi connectivity index (χ0) is 26.1. The van der Waals surface area contributed by atoms with E-state index < -0.39 is 23.8 Å². The number of hydrogen-bond acceptors (Lipinski definition) is 4. The Balaban J connectivity index is 1.94. The first-order chi connectivity index (χ1) is 17.2. The van der Waals surface area contributed by atoms with E-state index in [9.17, 15) is 14.4 Å². The second kappa shape index (κ2) is 12.6. The van der Waals surface area contributed by atoms with Gasteiger partial charge >= 0.3 is 6.09 Å². The van der Waals surface area contributed by atoms with Crippen LogP contribution in [0.15, 0.2) is 60.7 Å². The fourth-order valence-electron chi connectivity index (χ4n) is 4.11. The Hall–Kier alpha value is -3.35. The van der Waals surface area contributed by atoms with Gasteiger partial charge in [0.15, 0.2) is 0 Å². The molecule has 1 fully saturated rings. The predicted molar refractivity (Wildman–Crippen MR) is 140 cm³/mol. The van der Waals surface area contributed by atoms with Crippen molar-refractivity contribution < 1.29 is 19.1 Å². The number of nitrogens with one attached hydrogen (secondary N) is 2. The molecular formula is C29H39N3O4. The topological polar surface area (TPSA) is 87.7 Å². The second-order valence-corrected chi connectivity index (χ2v) is 10.3. The predicted octanol–water partition coefficient (Wildman–Crippen LogP) is 4.77. The molecule has 7 heteroatoms. The molecule has 1 aliphatic carbocycles. The monoisotopic (exact) mass is 493 g/mol. The normalized spacial score (nSPS) is 14.9. The highest BCUT2D eigenvalue weighted by atomic mass is 16.6. The minimum absolute atomic E-state index is 0.0571. The van der Waals surface area contributed by atoms with Crippen LogP contribution < -0.4 is 10.6 Å². The van der Waals surface area contributed by atoms with Crippen molar-refractivity contribution in [1.29, 1.82) is 0 Å². The number of carbonyl (C=O) groups is 3. The largest absolute Gasteiger partial charge is 0.444 e. The van der Waals surface area contributed by atoms with Gasteiger partial charge in [0, 0.05) is 19.0 Å². The molecule has 2 aromatic rings. The SMILES string of the molecule is CCCCNC(=O)C(c1ccccc1)N(C(=O)C(Cc1ccccc1)NC(=O)OC(C)(C)C)C1CC1. The van der Waals surface area contributed by atoms with Crippen molar-refractivity contribution >= 4 is 17.9 Å². The molecular weight excluding hydrogens is 454 g/mol. The van der Waals surface area contributed by atoms with Gasteiger partial charge < -0.3 is 20.3 Å². The van der Waals surface area contributed by atoms with Crippen LogP contribution in [0.25, 0.3) is 0 Å². The van der Waals surface area contributed by atoms with Gasteiger partial charge in [0.05, 0.1) is 0 Å². The molecule has 3 rings (SSSR count). The molecule has 36 heavy (non-hydrogen) atoms. The van der Waals surface area contributed by atoms with Gasteiger partial charge in [0.25, 0.3) is 0 Å². The summed E-state index contributed by atoms with van der Waals surface area (Å²) in [5, 5.41) is 5.81. The van der Waals surface area contributed by atoms with E-state index in [1.807, 2.05) is 60.7 Å². The minimum atomic E-state index is -0.877. The average Bonchev–Trinajstić information content (AvgIpc) is 3.67. The number of amides is 3. The number of rotatable bonds is 11. The summed E-state index contributed by atoms with van der Waals surface area (Å²) in [5.74, 6) is -0.489. The van der Waals surface area contributed by atoms with Crippen molar-refractivity contribution in [2.45, 2.75) is 83.5 Å². The number of unbranched alkanes of at least 4 members (excludes halogenated alkanes) is 1. The molecule has 0 bridgehead atoms. The maximum Gasteiger partial charge on any atom is 0.408 e. The van der Waals surface area contributed by atoms with Crippen LogP contribution in [-0.4, -0.2) is 47.0 Å². The van der Waals surface area contributed by atoms with Gasteiger partial charge in [-0.15, -0.1) is 0 Å². The molecule has 1 saturated carbocycles. The van der Waals surface area contributed by atoms with E-state index in [0.717, 1.165) is 36.8 Å². The van der Waals surface area contributed by atoms with E-state index >= 15 is 0 Å². The fourth-order valence-corrected chi connectivity index (χ4v) is 4.11. The van der Waals surface area contributed by atoms with Gasteiger partial charge in [-0.05, 0) is 51.2 Å². The summed E-state index contributed by atoms with van der Waals surface area (Å²) >= 11 is 0. The second-order valence-electron chi connectivity index (χ2n) is 10.3. The van der Waals surface area contributed by atoms with Gasteiger partial charge in [-0.2, -0.15) is 0 Å². The molecule has 2 unspecified atom stereocenters. The molecule has 0 aromatic heterocycles. The summed E-state index contributed by atoms with van der Waals surface area (Å²) < 4.78 is 5.47. The lowest BCUT2D eigenvalue weighted by molar-refractivity contribution is -0.143. The molecule has 0 saturated heterocycles. The van der Waals surface area contributed by atoms with Crippen molar-refractivity contribution in [3.63, 3.8) is 0 Å². The standard InChI is InChI=1S/C29H39N3O4/c1-5-6-19-30-26(33)25(22-15-11-8-12-16-22)32(23-17-18-23)27(34)24(20-21-13-9-7-10-14-21)31-28(35)36-29(2,3)4/h7-16,23-25H,5-6,17-20H2,1-4H3,(H,30,33)(H,31,35). The van der Waals surface area contributed by atoms with Gasteiger partial charge in [-0.1, -0.05) is 74.0 Å². The van der Waals surface area contributed by atoms with Crippen LogP contribution in [0, 0.1) is 0 Å². The highest BCUT2D eigenvalue weighted by molar-refractivity contribution is 5.92. The zero-order valence-electron chi connectivity index (χ0n) is 21.8. The Bertz CT molecular complexity index is 1000. The quantitative estimate of drug-likeness (QED) is 0.442. The zero-order valence-corrected chi connectivity index (χ0v) is 21.8. The molecule has 3 amide bonds. The molecule has 1 aliphatic rings. The van der Waals surface area contributed by atoms with E-state index in [0.29, 0.717) is 13.0 Å². The third-order valence-corrected chi connectivity index (χ3v) is 5.94. The molecule has 0 radical (unpaired) electrons. The number of carbonyl (C=O) groups excluding carboxylic acids is 3. The Morgan fingerprint density at radius 1 is 1.00 bits per heavy atom. The van der Waals surface area contributed by atoms with Crippen molar-refractivity contribution in [2.75, 3.05) is 6.54 Å². The van der Waals surface area contributed by atoms with Gasteiger partial charge in [-0.3, -0.25) is 9.59 Å². The highest BCUT2D eigenvalue weighted by Crippen LogP contribution is 2.35. The maximum absolute atomic E-state index is 14.2. The number of hydrogen-bond donors (Lipinski definition) is 2. The van der Waals surface area contributed by atoms with Crippen LogP contribution in [0.3, 0.4) is 0 Å². The first-order valence-electron chi connectivity index (χ1n) is 12.9. The Morgan fingerprint density at radius 2 is 1.61 bits per heavy atom. The van der Waals surface area contributed by atoms with Gasteiger partial charge in [0.2, 0.25) is 11.8 Å². The Labute approximate surface area is 214 Å². The van der Waals surface area contributed by atoms with Crippen molar-refractivity contribution in [3.05, 3.63) is 71.8 Å². The summed E-state index contributed by atoms with van der Waals surface area (Å²) in [6, 6.07) is 17.2. The van der Waals surface area contributed by atoms with E-state index in [4.69, 9.17) is 4.74 Å². The molecule has 2 N–H and O–H groups in total. The third-order valence-electron chi connectivity index (χ3n) is 5.94. The van der Waals surface area contributed by atoms with Crippen LogP contribution in [0.2, 0.25) is 0 Å². The molecule has 2 aromatic carbocycles. The van der Waals surface area contributed by atoms with Gasteiger partial charge in [0.1, 0.15) is 17.7 Å². The van der Waals surface area contributed by atoms with E-state index in [1.54, 1.807) is 25.7 Å². The molecule has 0 spiro atoms. The van der Waals surface area contributed by atoms with Crippen molar-refractivity contribution in [3.8, 4) is 0 Å². The fraction of sp³-hybridized carbons (Fsp3) is 0.483. The van der Waals surface area contributed by atoms with E-state index in [-0.39, 0.29) is 17.9 Å². The third kappa shape index (κ3) is 8.11. The van der Waals surface area contributed by atoms with Crippen LogP contribution in [0.1, 0.15) is 70.5 Å². The molecule has 194 valence electrons. The molecule has 2 atom stereocenters. The Kier molecular flexibility index (Phi) is 9.51. The van der Waals surface area contributed by atoms with Crippen molar-refractivity contribution in [2.24, 2.45) is 0 Å². The summed E-state index contributed by atoms with van der Waals surface area (Å²) in [5.41, 5.74) is 0.959. The van der Waals surface area contributed by atoms with Crippen LogP contribution >= 0.6 is 0 Å². The lowest BCUT2D eigenvalue weighted by atomic mass is 10.00. The minimum Gasteiger partial charge on any atom is -0.444 e. The average molecular weight is 494 g/mol.